The number of rotatable bonds is 1. The standard InChI is InChI=1S/C26H32O6/c1-22-7-4-14(27)12-16(22)24(10-11-24)20(21(29)30-3)19-15-5-8-25(9-6-18(28)32-25)23(15,2)13-17-26(19,22)31-17/h12,15,17,19-20H,4-11,13H2,1-3H3/t15?,17-,19?,20+,22-,23-,25+,26?/m0/s1. The lowest BCUT2D eigenvalue weighted by atomic mass is 9.40. The molecule has 5 aliphatic carbocycles. The molecule has 0 bridgehead atoms. The van der Waals surface area contributed by atoms with Crippen LogP contribution < -0.4 is 0 Å². The van der Waals surface area contributed by atoms with Crippen LogP contribution in [-0.4, -0.2) is 42.1 Å². The summed E-state index contributed by atoms with van der Waals surface area (Å²) in [6, 6.07) is 0. The predicted octanol–water partition coefficient (Wildman–Crippen LogP) is 3.51. The fourth-order valence-electron chi connectivity index (χ4n) is 9.88. The first kappa shape index (κ1) is 19.7. The van der Waals surface area contributed by atoms with E-state index >= 15 is 0 Å². The van der Waals surface area contributed by atoms with Crippen LogP contribution in [0.5, 0.6) is 0 Å². The van der Waals surface area contributed by atoms with Crippen LogP contribution in [0.1, 0.15) is 71.6 Å². The van der Waals surface area contributed by atoms with Gasteiger partial charge in [-0.15, -0.1) is 0 Å². The summed E-state index contributed by atoms with van der Waals surface area (Å²) in [7, 11) is 1.49. The lowest BCUT2D eigenvalue weighted by molar-refractivity contribution is -0.177. The summed E-state index contributed by atoms with van der Waals surface area (Å²) in [5.41, 5.74) is -0.363. The maximum absolute atomic E-state index is 13.5. The van der Waals surface area contributed by atoms with Crippen LogP contribution in [0.25, 0.3) is 0 Å². The highest BCUT2D eigenvalue weighted by molar-refractivity contribution is 5.93. The van der Waals surface area contributed by atoms with E-state index < -0.39 is 11.2 Å². The molecule has 0 aromatic rings. The molecule has 6 heteroatoms. The quantitative estimate of drug-likeness (QED) is 0.458. The summed E-state index contributed by atoms with van der Waals surface area (Å²) in [5, 5.41) is 0. The predicted molar refractivity (Wildman–Crippen MR) is 112 cm³/mol. The number of carbonyl (C=O) groups excluding carboxylic acids is 3. The van der Waals surface area contributed by atoms with E-state index in [-0.39, 0.29) is 57.8 Å². The molecule has 7 aliphatic rings. The van der Waals surface area contributed by atoms with Crippen molar-refractivity contribution in [3.63, 3.8) is 0 Å². The molecule has 2 saturated heterocycles. The number of carbonyl (C=O) groups is 3. The number of epoxide rings is 1. The topological polar surface area (TPSA) is 82.2 Å². The number of hydrogen-bond acceptors (Lipinski definition) is 6. The maximum Gasteiger partial charge on any atom is 0.309 e. The minimum absolute atomic E-state index is 0.0351. The second-order valence-corrected chi connectivity index (χ2v) is 12.2. The van der Waals surface area contributed by atoms with Crippen molar-refractivity contribution in [2.24, 2.45) is 34.0 Å². The number of fused-ring (bicyclic) bond motifs is 5. The molecule has 6 fully saturated rings. The van der Waals surface area contributed by atoms with Gasteiger partial charge >= 0.3 is 11.9 Å². The molecule has 8 atom stereocenters. The van der Waals surface area contributed by atoms with Gasteiger partial charge in [0, 0.05) is 35.0 Å². The molecule has 0 amide bonds. The van der Waals surface area contributed by atoms with Gasteiger partial charge < -0.3 is 14.2 Å². The Kier molecular flexibility index (Phi) is 3.40. The highest BCUT2D eigenvalue weighted by Crippen LogP contribution is 2.83. The lowest BCUT2D eigenvalue weighted by Crippen LogP contribution is -2.66. The summed E-state index contributed by atoms with van der Waals surface area (Å²) in [5.74, 6) is -0.0803. The third-order valence-corrected chi connectivity index (χ3v) is 11.4. The molecule has 3 unspecified atom stereocenters. The number of esters is 2. The third-order valence-electron chi connectivity index (χ3n) is 11.4. The Morgan fingerprint density at radius 2 is 1.88 bits per heavy atom. The maximum atomic E-state index is 13.5. The zero-order valence-electron chi connectivity index (χ0n) is 19.2. The zero-order chi connectivity index (χ0) is 22.3. The minimum atomic E-state index is -0.427. The molecule has 3 spiro atoms. The SMILES string of the molecule is COC(=O)[C@H]1C2C3CC[C@@]4(CCC(=O)O4)[C@@]3(C)C[C@@H]3OC23[C@@]2(C)CCC(=O)C=C2C12CC2. The normalized spacial score (nSPS) is 53.7. The van der Waals surface area contributed by atoms with E-state index in [2.05, 4.69) is 13.8 Å². The molecule has 0 radical (unpaired) electrons. The number of hydrogen-bond donors (Lipinski definition) is 0. The monoisotopic (exact) mass is 440 g/mol. The van der Waals surface area contributed by atoms with Crippen LogP contribution in [0, 0.1) is 34.0 Å². The third kappa shape index (κ3) is 1.87. The Hall–Kier alpha value is -1.69. The summed E-state index contributed by atoms with van der Waals surface area (Å²) in [6.45, 7) is 4.59. The zero-order valence-corrected chi connectivity index (χ0v) is 19.2. The van der Waals surface area contributed by atoms with Gasteiger partial charge in [0.1, 0.15) is 11.2 Å². The second kappa shape index (κ2) is 5.51. The summed E-state index contributed by atoms with van der Waals surface area (Å²) < 4.78 is 18.3. The molecule has 0 aromatic heterocycles. The second-order valence-electron chi connectivity index (χ2n) is 12.2. The summed E-state index contributed by atoms with van der Waals surface area (Å²) >= 11 is 0. The van der Waals surface area contributed by atoms with Gasteiger partial charge in [-0.3, -0.25) is 14.4 Å². The Morgan fingerprint density at radius 3 is 2.53 bits per heavy atom. The summed E-state index contributed by atoms with van der Waals surface area (Å²) in [4.78, 5) is 38.3. The number of ether oxygens (including phenoxy) is 3. The first-order valence-electron chi connectivity index (χ1n) is 12.4. The van der Waals surface area contributed by atoms with Crippen LogP contribution in [0.4, 0.5) is 0 Å². The van der Waals surface area contributed by atoms with Crippen molar-refractivity contribution in [1.82, 2.24) is 0 Å². The van der Waals surface area contributed by atoms with Gasteiger partial charge in [0.15, 0.2) is 5.78 Å². The Morgan fingerprint density at radius 1 is 1.09 bits per heavy atom. The van der Waals surface area contributed by atoms with Gasteiger partial charge in [-0.2, -0.15) is 0 Å². The minimum Gasteiger partial charge on any atom is -0.469 e. The van der Waals surface area contributed by atoms with E-state index in [4.69, 9.17) is 14.2 Å². The summed E-state index contributed by atoms with van der Waals surface area (Å²) in [6.07, 6.45) is 9.06. The van der Waals surface area contributed by atoms with Gasteiger partial charge in [0.2, 0.25) is 0 Å². The molecule has 172 valence electrons. The molecule has 2 aliphatic heterocycles. The van der Waals surface area contributed by atoms with Crippen LogP contribution in [0.15, 0.2) is 11.6 Å². The Labute approximate surface area is 188 Å². The van der Waals surface area contributed by atoms with Crippen molar-refractivity contribution < 1.29 is 28.6 Å². The largest absolute Gasteiger partial charge is 0.469 e. The smallest absolute Gasteiger partial charge is 0.309 e. The van der Waals surface area contributed by atoms with E-state index in [0.29, 0.717) is 12.8 Å². The van der Waals surface area contributed by atoms with Crippen molar-refractivity contribution in [2.45, 2.75) is 88.9 Å². The van der Waals surface area contributed by atoms with E-state index in [1.54, 1.807) is 0 Å². The van der Waals surface area contributed by atoms with E-state index in [1.165, 1.54) is 12.7 Å². The first-order valence-corrected chi connectivity index (χ1v) is 12.4. The molecular weight excluding hydrogens is 408 g/mol. The van der Waals surface area contributed by atoms with Gasteiger partial charge in [0.05, 0.1) is 19.1 Å². The highest BCUT2D eigenvalue weighted by Gasteiger charge is 2.87. The molecule has 6 nitrogen and oxygen atoms in total. The number of methoxy groups -OCH3 is 1. The van der Waals surface area contributed by atoms with Crippen LogP contribution in [0.3, 0.4) is 0 Å². The van der Waals surface area contributed by atoms with Gasteiger partial charge in [-0.1, -0.05) is 19.4 Å². The van der Waals surface area contributed by atoms with Crippen LogP contribution in [0.2, 0.25) is 0 Å². The van der Waals surface area contributed by atoms with Crippen molar-refractivity contribution in [1.29, 1.82) is 0 Å². The molecular formula is C26H32O6. The first-order chi connectivity index (χ1) is 15.2. The molecule has 0 aromatic carbocycles. The molecule has 32 heavy (non-hydrogen) atoms. The van der Waals surface area contributed by atoms with Crippen molar-refractivity contribution in [2.75, 3.05) is 7.11 Å². The van der Waals surface area contributed by atoms with Crippen molar-refractivity contribution in [3.05, 3.63) is 11.6 Å². The van der Waals surface area contributed by atoms with Crippen LogP contribution >= 0.6 is 0 Å². The van der Waals surface area contributed by atoms with E-state index in [9.17, 15) is 14.4 Å². The fraction of sp³-hybridized carbons (Fsp3) is 0.808. The van der Waals surface area contributed by atoms with E-state index in [1.807, 2.05) is 6.08 Å². The lowest BCUT2D eigenvalue weighted by Gasteiger charge is -2.61. The fourth-order valence-corrected chi connectivity index (χ4v) is 9.88. The van der Waals surface area contributed by atoms with Gasteiger partial charge in [-0.25, -0.2) is 0 Å². The van der Waals surface area contributed by atoms with Gasteiger partial charge in [0.25, 0.3) is 0 Å². The Balaban J connectivity index is 1.43. The molecule has 0 N–H and O–H groups in total. The molecule has 4 saturated carbocycles. The average molecular weight is 441 g/mol. The van der Waals surface area contributed by atoms with Crippen molar-refractivity contribution >= 4 is 17.7 Å². The average Bonchev–Trinajstić information content (AvgIpc) is 3.63. The van der Waals surface area contributed by atoms with Gasteiger partial charge in [-0.05, 0) is 56.9 Å². The number of ketones is 1. The highest BCUT2D eigenvalue weighted by atomic mass is 16.6. The molecule has 2 heterocycles. The molecule has 7 rings (SSSR count). The van der Waals surface area contributed by atoms with Crippen molar-refractivity contribution in [3.8, 4) is 0 Å². The van der Waals surface area contributed by atoms with E-state index in [0.717, 1.165) is 44.9 Å². The van der Waals surface area contributed by atoms with Crippen LogP contribution in [-0.2, 0) is 28.6 Å². The Bertz CT molecular complexity index is 1010.